The molecular formula is C20H21F3N4O3S. The van der Waals surface area contributed by atoms with E-state index in [0.717, 1.165) is 36.7 Å². The molecule has 3 aromatic rings. The Morgan fingerprint density at radius 2 is 1.97 bits per heavy atom. The van der Waals surface area contributed by atoms with Crippen molar-refractivity contribution >= 4 is 28.2 Å². The zero-order chi connectivity index (χ0) is 22.6. The fourth-order valence-corrected chi connectivity index (χ4v) is 4.11. The maximum absolute atomic E-state index is 13.0. The van der Waals surface area contributed by atoms with Crippen LogP contribution in [0.25, 0.3) is 4.96 Å². The van der Waals surface area contributed by atoms with Crippen molar-refractivity contribution < 1.29 is 27.9 Å². The molecular weight excluding hydrogens is 433 g/mol. The predicted molar refractivity (Wildman–Crippen MR) is 109 cm³/mol. The number of halogens is 3. The molecule has 1 amide bonds. The van der Waals surface area contributed by atoms with Crippen LogP contribution in [0, 0.1) is 6.92 Å². The Bertz CT molecular complexity index is 1050. The van der Waals surface area contributed by atoms with Crippen molar-refractivity contribution in [1.29, 1.82) is 0 Å². The van der Waals surface area contributed by atoms with E-state index in [0.29, 0.717) is 5.69 Å². The van der Waals surface area contributed by atoms with Crippen molar-refractivity contribution in [3.8, 4) is 0 Å². The number of fused-ring (bicyclic) bond motifs is 1. The molecule has 31 heavy (non-hydrogen) atoms. The van der Waals surface area contributed by atoms with E-state index in [2.05, 4.69) is 34.6 Å². The highest BCUT2D eigenvalue weighted by Crippen LogP contribution is 2.19. The second-order valence-electron chi connectivity index (χ2n) is 7.00. The van der Waals surface area contributed by atoms with Crippen molar-refractivity contribution in [3.63, 3.8) is 0 Å². The summed E-state index contributed by atoms with van der Waals surface area (Å²) in [6.07, 6.45) is -2.22. The number of carboxylic acids is 1. The maximum Gasteiger partial charge on any atom is 0.490 e. The van der Waals surface area contributed by atoms with E-state index in [1.807, 2.05) is 33.9 Å². The van der Waals surface area contributed by atoms with Gasteiger partial charge >= 0.3 is 12.1 Å². The first kappa shape index (κ1) is 22.8. The number of carbonyl (C=O) groups excluding carboxylic acids is 1. The molecule has 1 aliphatic heterocycles. The third-order valence-corrected chi connectivity index (χ3v) is 5.51. The minimum atomic E-state index is -5.08. The molecule has 0 radical (unpaired) electrons. The molecule has 1 saturated heterocycles. The first-order valence-electron chi connectivity index (χ1n) is 9.45. The molecule has 1 atom stereocenters. The van der Waals surface area contributed by atoms with Crippen LogP contribution >= 0.6 is 11.3 Å². The van der Waals surface area contributed by atoms with Crippen molar-refractivity contribution in [2.24, 2.45) is 0 Å². The van der Waals surface area contributed by atoms with Crippen molar-refractivity contribution in [1.82, 2.24) is 19.6 Å². The molecule has 11 heteroatoms. The van der Waals surface area contributed by atoms with Crippen LogP contribution in [0.2, 0.25) is 0 Å². The summed E-state index contributed by atoms with van der Waals surface area (Å²) in [6, 6.07) is 10.7. The van der Waals surface area contributed by atoms with Crippen LogP contribution in [0.3, 0.4) is 0 Å². The van der Waals surface area contributed by atoms with Crippen LogP contribution in [0.4, 0.5) is 13.2 Å². The third-order valence-electron chi connectivity index (χ3n) is 4.75. The zero-order valence-electron chi connectivity index (χ0n) is 16.6. The van der Waals surface area contributed by atoms with Gasteiger partial charge in [-0.1, -0.05) is 30.3 Å². The molecule has 3 heterocycles. The van der Waals surface area contributed by atoms with E-state index in [4.69, 9.17) is 9.90 Å². The number of thiazole rings is 1. The van der Waals surface area contributed by atoms with Gasteiger partial charge in [-0.3, -0.25) is 9.20 Å². The number of nitrogens with zero attached hydrogens (tertiary/aromatic N) is 3. The number of piperazine rings is 1. The Morgan fingerprint density at radius 3 is 2.61 bits per heavy atom. The Balaban J connectivity index is 0.000000339. The van der Waals surface area contributed by atoms with Gasteiger partial charge in [-0.15, -0.1) is 11.3 Å². The minimum absolute atomic E-state index is 0.0814. The molecule has 4 rings (SSSR count). The van der Waals surface area contributed by atoms with E-state index in [1.165, 1.54) is 5.56 Å². The summed E-state index contributed by atoms with van der Waals surface area (Å²) in [5.41, 5.74) is 2.81. The molecule has 0 spiro atoms. The fraction of sp³-hybridized carbons (Fsp3) is 0.350. The summed E-state index contributed by atoms with van der Waals surface area (Å²) < 4.78 is 33.6. The van der Waals surface area contributed by atoms with Crippen LogP contribution in [0.1, 0.15) is 21.7 Å². The summed E-state index contributed by atoms with van der Waals surface area (Å²) in [6.45, 7) is 4.20. The molecule has 1 aliphatic rings. The van der Waals surface area contributed by atoms with Gasteiger partial charge in [0.2, 0.25) is 0 Å². The van der Waals surface area contributed by atoms with Crippen LogP contribution < -0.4 is 5.32 Å². The molecule has 0 bridgehead atoms. The van der Waals surface area contributed by atoms with Crippen LogP contribution in [-0.2, 0) is 11.2 Å². The van der Waals surface area contributed by atoms with Gasteiger partial charge in [-0.2, -0.15) is 13.2 Å². The number of carboxylic acid groups (broad SMARTS) is 1. The van der Waals surface area contributed by atoms with Crippen LogP contribution in [0.5, 0.6) is 0 Å². The molecule has 0 unspecified atom stereocenters. The van der Waals surface area contributed by atoms with Crippen molar-refractivity contribution in [2.75, 3.05) is 19.6 Å². The number of rotatable bonds is 3. The standard InChI is InChI=1S/C18H20N4OS.C2HF3O2/c1-13-16(22-9-10-24-18(22)20-13)17(23)21-8-7-19-15(12-21)11-14-5-3-2-4-6-14;3-2(4,5)1(6)7/h2-6,9-10,15,19H,7-8,11-12H2,1H3;(H,6,7)/t15-;/m0./s1. The molecule has 1 aromatic carbocycles. The SMILES string of the molecule is Cc1nc2sccn2c1C(=O)N1CCN[C@@H](Cc2ccccc2)C1.O=C(O)C(F)(F)F. The quantitative estimate of drug-likeness (QED) is 0.636. The van der Waals surface area contributed by atoms with E-state index in [9.17, 15) is 18.0 Å². The average Bonchev–Trinajstić information content (AvgIpc) is 3.28. The van der Waals surface area contributed by atoms with E-state index >= 15 is 0 Å². The predicted octanol–water partition coefficient (Wildman–Crippen LogP) is 2.99. The number of hydrogen-bond donors (Lipinski definition) is 2. The topological polar surface area (TPSA) is 86.9 Å². The van der Waals surface area contributed by atoms with Gasteiger partial charge in [-0.05, 0) is 18.9 Å². The van der Waals surface area contributed by atoms with Gasteiger partial charge in [0.05, 0.1) is 5.69 Å². The van der Waals surface area contributed by atoms with E-state index in [-0.39, 0.29) is 11.9 Å². The number of alkyl halides is 3. The number of amides is 1. The van der Waals surface area contributed by atoms with E-state index < -0.39 is 12.1 Å². The summed E-state index contributed by atoms with van der Waals surface area (Å²) in [5.74, 6) is -2.68. The highest BCUT2D eigenvalue weighted by Gasteiger charge is 2.38. The Kier molecular flexibility index (Phi) is 6.96. The highest BCUT2D eigenvalue weighted by molar-refractivity contribution is 7.15. The molecule has 166 valence electrons. The summed E-state index contributed by atoms with van der Waals surface area (Å²) in [4.78, 5) is 29.3. The zero-order valence-corrected chi connectivity index (χ0v) is 17.4. The van der Waals surface area contributed by atoms with Crippen molar-refractivity contribution in [2.45, 2.75) is 25.6 Å². The first-order chi connectivity index (χ1) is 14.7. The summed E-state index contributed by atoms with van der Waals surface area (Å²) in [5, 5.41) is 12.6. The number of aryl methyl sites for hydroxylation is 1. The molecule has 1 fully saturated rings. The largest absolute Gasteiger partial charge is 0.490 e. The molecule has 0 saturated carbocycles. The van der Waals surface area contributed by atoms with Gasteiger partial charge in [0.15, 0.2) is 4.96 Å². The first-order valence-corrected chi connectivity index (χ1v) is 10.3. The monoisotopic (exact) mass is 454 g/mol. The maximum atomic E-state index is 13.0. The van der Waals surface area contributed by atoms with Gasteiger partial charge in [0, 0.05) is 37.3 Å². The summed E-state index contributed by atoms with van der Waals surface area (Å²) in [7, 11) is 0. The lowest BCUT2D eigenvalue weighted by Crippen LogP contribution is -2.53. The Morgan fingerprint density at radius 1 is 1.29 bits per heavy atom. The normalized spacial score (nSPS) is 16.6. The Labute approximate surface area is 180 Å². The molecule has 0 aliphatic carbocycles. The Hall–Kier alpha value is -2.92. The number of carbonyl (C=O) groups is 2. The van der Waals surface area contributed by atoms with Crippen LogP contribution in [-0.4, -0.2) is 63.1 Å². The third kappa shape index (κ3) is 5.61. The van der Waals surface area contributed by atoms with Gasteiger partial charge in [0.1, 0.15) is 5.69 Å². The highest BCUT2D eigenvalue weighted by atomic mass is 32.1. The number of nitrogens with one attached hydrogen (secondary N) is 1. The number of benzene rings is 1. The molecule has 2 N–H and O–H groups in total. The second kappa shape index (κ2) is 9.48. The molecule has 7 nitrogen and oxygen atoms in total. The van der Waals surface area contributed by atoms with Crippen LogP contribution in [0.15, 0.2) is 41.9 Å². The fourth-order valence-electron chi connectivity index (χ4n) is 3.35. The number of hydrogen-bond acceptors (Lipinski definition) is 5. The lowest BCUT2D eigenvalue weighted by atomic mass is 10.0. The molecule has 2 aromatic heterocycles. The lowest BCUT2D eigenvalue weighted by molar-refractivity contribution is -0.192. The number of aromatic nitrogens is 2. The number of imidazole rings is 1. The van der Waals surface area contributed by atoms with Gasteiger partial charge in [-0.25, -0.2) is 9.78 Å². The smallest absolute Gasteiger partial charge is 0.475 e. The lowest BCUT2D eigenvalue weighted by Gasteiger charge is -2.33. The minimum Gasteiger partial charge on any atom is -0.475 e. The van der Waals surface area contributed by atoms with Gasteiger partial charge in [0.25, 0.3) is 5.91 Å². The van der Waals surface area contributed by atoms with Crippen molar-refractivity contribution in [3.05, 3.63) is 58.9 Å². The van der Waals surface area contributed by atoms with Gasteiger partial charge < -0.3 is 15.3 Å². The van der Waals surface area contributed by atoms with E-state index in [1.54, 1.807) is 11.3 Å². The average molecular weight is 454 g/mol. The summed E-state index contributed by atoms with van der Waals surface area (Å²) >= 11 is 1.56. The second-order valence-corrected chi connectivity index (χ2v) is 7.87. The number of aliphatic carboxylic acids is 1.